The predicted molar refractivity (Wildman–Crippen MR) is 113 cm³/mol. The van der Waals surface area contributed by atoms with E-state index in [4.69, 9.17) is 10.1 Å². The number of imidazole rings is 1. The Morgan fingerprint density at radius 1 is 0.862 bits per heavy atom. The van der Waals surface area contributed by atoms with E-state index in [1.54, 1.807) is 24.5 Å². The lowest BCUT2D eigenvalue weighted by Gasteiger charge is -2.11. The largest absolute Gasteiger partial charge is 0.291 e. The zero-order chi connectivity index (χ0) is 20.0. The fourth-order valence-electron chi connectivity index (χ4n) is 3.49. The molecule has 0 saturated heterocycles. The molecule has 0 bridgehead atoms. The Balaban J connectivity index is 1.76. The van der Waals surface area contributed by atoms with E-state index in [1.165, 1.54) is 12.1 Å². The first-order valence-corrected chi connectivity index (χ1v) is 10.5. The smallest absolute Gasteiger partial charge is 0.238 e. The minimum absolute atomic E-state index is 0.0660. The lowest BCUT2D eigenvalue weighted by atomic mass is 10.1. The van der Waals surface area contributed by atoms with Gasteiger partial charge in [0.15, 0.2) is 0 Å². The first kappa shape index (κ1) is 17.5. The van der Waals surface area contributed by atoms with E-state index in [0.29, 0.717) is 5.82 Å². The van der Waals surface area contributed by atoms with Crippen LogP contribution >= 0.6 is 0 Å². The number of hydrogen-bond acceptors (Lipinski definition) is 4. The molecule has 2 N–H and O–H groups in total. The molecule has 6 nitrogen and oxygen atoms in total. The molecule has 2 aromatic heterocycles. The van der Waals surface area contributed by atoms with Gasteiger partial charge in [-0.05, 0) is 53.2 Å². The number of nitrogens with zero attached hydrogens (tertiary/aromatic N) is 3. The average Bonchev–Trinajstić information content (AvgIpc) is 3.12. The minimum Gasteiger partial charge on any atom is -0.291 e. The van der Waals surface area contributed by atoms with Gasteiger partial charge in [0.05, 0.1) is 22.1 Å². The van der Waals surface area contributed by atoms with Gasteiger partial charge in [0.2, 0.25) is 10.0 Å². The quantitative estimate of drug-likeness (QED) is 0.497. The molecular weight excluding hydrogens is 384 g/mol. The Hall–Kier alpha value is -3.55. The van der Waals surface area contributed by atoms with Gasteiger partial charge in [0.25, 0.3) is 0 Å². The lowest BCUT2D eigenvalue weighted by Crippen LogP contribution is -2.11. The first-order valence-electron chi connectivity index (χ1n) is 8.96. The average molecular weight is 400 g/mol. The molecule has 0 amide bonds. The number of pyridine rings is 1. The van der Waals surface area contributed by atoms with Crippen LogP contribution in [0.5, 0.6) is 0 Å². The number of sulfonamides is 1. The van der Waals surface area contributed by atoms with Gasteiger partial charge in [0.1, 0.15) is 5.82 Å². The maximum Gasteiger partial charge on any atom is 0.238 e. The summed E-state index contributed by atoms with van der Waals surface area (Å²) in [7, 11) is -3.75. The number of rotatable bonds is 3. The summed E-state index contributed by atoms with van der Waals surface area (Å²) in [6.07, 6.45) is 3.48. The molecular formula is C22H16N4O2S. The van der Waals surface area contributed by atoms with Gasteiger partial charge in [-0.15, -0.1) is 0 Å². The Bertz CT molecular complexity index is 1470. The van der Waals surface area contributed by atoms with E-state index in [-0.39, 0.29) is 4.90 Å². The highest BCUT2D eigenvalue weighted by Crippen LogP contribution is 2.30. The summed E-state index contributed by atoms with van der Waals surface area (Å²) in [5.41, 5.74) is 3.40. The second-order valence-electron chi connectivity index (χ2n) is 6.74. The topological polar surface area (TPSA) is 90.9 Å². The standard InChI is InChI=1S/C22H16N4O2S/c23-29(27,28)19-9-6-16(7-10-19)22-25-20-11-12-24-14-21(20)26(22)18-8-5-15-3-1-2-4-17(15)13-18/h1-14H,(H2,23,27,28). The van der Waals surface area contributed by atoms with Crippen molar-refractivity contribution >= 4 is 31.8 Å². The van der Waals surface area contributed by atoms with Crippen LogP contribution in [0.3, 0.4) is 0 Å². The first-order chi connectivity index (χ1) is 14.0. The van der Waals surface area contributed by atoms with E-state index < -0.39 is 10.0 Å². The van der Waals surface area contributed by atoms with Crippen molar-refractivity contribution in [1.82, 2.24) is 14.5 Å². The molecule has 7 heteroatoms. The molecule has 2 heterocycles. The molecule has 29 heavy (non-hydrogen) atoms. The Labute approximate surface area is 167 Å². The highest BCUT2D eigenvalue weighted by atomic mass is 32.2. The molecule has 0 aliphatic heterocycles. The van der Waals surface area contributed by atoms with Crippen LogP contribution < -0.4 is 5.14 Å². The number of benzene rings is 3. The van der Waals surface area contributed by atoms with Gasteiger partial charge >= 0.3 is 0 Å². The van der Waals surface area contributed by atoms with Crippen LogP contribution in [0.1, 0.15) is 0 Å². The highest BCUT2D eigenvalue weighted by Gasteiger charge is 2.16. The molecule has 5 rings (SSSR count). The highest BCUT2D eigenvalue weighted by molar-refractivity contribution is 7.89. The molecule has 0 aliphatic rings. The molecule has 5 aromatic rings. The Morgan fingerprint density at radius 3 is 2.38 bits per heavy atom. The summed E-state index contributed by atoms with van der Waals surface area (Å²) in [6.45, 7) is 0. The van der Waals surface area contributed by atoms with Crippen molar-refractivity contribution in [3.63, 3.8) is 0 Å². The van der Waals surface area contributed by atoms with Crippen molar-refractivity contribution in [1.29, 1.82) is 0 Å². The number of hydrogen-bond donors (Lipinski definition) is 1. The van der Waals surface area contributed by atoms with Crippen LogP contribution in [0.4, 0.5) is 0 Å². The fourth-order valence-corrected chi connectivity index (χ4v) is 4.00. The number of nitrogens with two attached hydrogens (primary N) is 1. The molecule has 0 fully saturated rings. The van der Waals surface area contributed by atoms with Crippen molar-refractivity contribution in [2.75, 3.05) is 0 Å². The third kappa shape index (κ3) is 3.06. The molecule has 0 unspecified atom stereocenters. The van der Waals surface area contributed by atoms with Gasteiger partial charge in [-0.25, -0.2) is 18.5 Å². The van der Waals surface area contributed by atoms with Crippen molar-refractivity contribution in [3.8, 4) is 17.1 Å². The summed E-state index contributed by atoms with van der Waals surface area (Å²) in [5, 5.41) is 7.49. The maximum atomic E-state index is 11.6. The summed E-state index contributed by atoms with van der Waals surface area (Å²) in [6, 6.07) is 22.6. The zero-order valence-corrected chi connectivity index (χ0v) is 16.0. The molecule has 0 radical (unpaired) electrons. The third-order valence-electron chi connectivity index (χ3n) is 4.89. The van der Waals surface area contributed by atoms with E-state index in [2.05, 4.69) is 29.2 Å². The van der Waals surface area contributed by atoms with Crippen LogP contribution in [0.2, 0.25) is 0 Å². The van der Waals surface area contributed by atoms with E-state index in [1.807, 2.05) is 28.8 Å². The van der Waals surface area contributed by atoms with Gasteiger partial charge in [-0.3, -0.25) is 9.55 Å². The number of aromatic nitrogens is 3. The van der Waals surface area contributed by atoms with Crippen molar-refractivity contribution < 1.29 is 8.42 Å². The molecule has 0 saturated carbocycles. The van der Waals surface area contributed by atoms with Gasteiger partial charge < -0.3 is 0 Å². The molecule has 3 aromatic carbocycles. The number of primary sulfonamides is 1. The van der Waals surface area contributed by atoms with E-state index in [9.17, 15) is 8.42 Å². The second kappa shape index (κ2) is 6.51. The molecule has 0 aliphatic carbocycles. The number of fused-ring (bicyclic) bond motifs is 2. The van der Waals surface area contributed by atoms with Crippen LogP contribution in [0.15, 0.2) is 90.1 Å². The second-order valence-corrected chi connectivity index (χ2v) is 8.30. The summed E-state index contributed by atoms with van der Waals surface area (Å²) >= 11 is 0. The van der Waals surface area contributed by atoms with Crippen LogP contribution in [0, 0.1) is 0 Å². The van der Waals surface area contributed by atoms with Gasteiger partial charge in [-0.1, -0.05) is 30.3 Å². The van der Waals surface area contributed by atoms with Crippen LogP contribution in [-0.4, -0.2) is 23.0 Å². The van der Waals surface area contributed by atoms with Crippen molar-refractivity contribution in [2.45, 2.75) is 4.90 Å². The van der Waals surface area contributed by atoms with Crippen molar-refractivity contribution in [3.05, 3.63) is 85.2 Å². The van der Waals surface area contributed by atoms with Gasteiger partial charge in [-0.2, -0.15) is 0 Å². The van der Waals surface area contributed by atoms with E-state index in [0.717, 1.165) is 33.1 Å². The molecule has 0 atom stereocenters. The molecule has 142 valence electrons. The summed E-state index contributed by atoms with van der Waals surface area (Å²) in [4.78, 5) is 9.10. The summed E-state index contributed by atoms with van der Waals surface area (Å²) < 4.78 is 25.2. The lowest BCUT2D eigenvalue weighted by molar-refractivity contribution is 0.598. The Kier molecular flexibility index (Phi) is 3.94. The Morgan fingerprint density at radius 2 is 1.62 bits per heavy atom. The molecule has 0 spiro atoms. The summed E-state index contributed by atoms with van der Waals surface area (Å²) in [5.74, 6) is 0.698. The van der Waals surface area contributed by atoms with Crippen LogP contribution in [0.25, 0.3) is 38.9 Å². The zero-order valence-electron chi connectivity index (χ0n) is 15.2. The predicted octanol–water partition coefficient (Wildman–Crippen LogP) is 3.89. The van der Waals surface area contributed by atoms with E-state index >= 15 is 0 Å². The normalized spacial score (nSPS) is 11.9. The SMILES string of the molecule is NS(=O)(=O)c1ccc(-c2nc3ccncc3n2-c2ccc3ccccc3c2)cc1. The van der Waals surface area contributed by atoms with Gasteiger partial charge in [0, 0.05) is 17.4 Å². The van der Waals surface area contributed by atoms with Crippen LogP contribution in [-0.2, 0) is 10.0 Å². The third-order valence-corrected chi connectivity index (χ3v) is 5.82. The fraction of sp³-hybridized carbons (Fsp3) is 0. The van der Waals surface area contributed by atoms with Crippen molar-refractivity contribution in [2.24, 2.45) is 5.14 Å². The monoisotopic (exact) mass is 400 g/mol. The maximum absolute atomic E-state index is 11.6. The minimum atomic E-state index is -3.75.